The minimum Gasteiger partial charge on any atom is -0.480 e. The lowest BCUT2D eigenvalue weighted by molar-refractivity contribution is -0.142. The first kappa shape index (κ1) is 14.2. The normalized spacial score (nSPS) is 13.2. The summed E-state index contributed by atoms with van der Waals surface area (Å²) in [4.78, 5) is 15.8. The van der Waals surface area contributed by atoms with Gasteiger partial charge in [0, 0.05) is 0 Å². The Morgan fingerprint density at radius 2 is 1.89 bits per heavy atom. The van der Waals surface area contributed by atoms with Crippen LogP contribution in [0.2, 0.25) is 10.0 Å². The molecule has 6 heteroatoms. The van der Waals surface area contributed by atoms with Gasteiger partial charge in [-0.15, -0.1) is 0 Å². The third kappa shape index (κ3) is 2.42. The largest absolute Gasteiger partial charge is 0.480 e. The summed E-state index contributed by atoms with van der Waals surface area (Å²) in [5.41, 5.74) is 1.34. The van der Waals surface area contributed by atoms with Gasteiger partial charge in [-0.3, -0.25) is 0 Å². The maximum Gasteiger partial charge on any atom is 0.327 e. The van der Waals surface area contributed by atoms with Crippen molar-refractivity contribution in [1.29, 1.82) is 0 Å². The van der Waals surface area contributed by atoms with Crippen LogP contribution in [0, 0.1) is 12.8 Å². The van der Waals surface area contributed by atoms with E-state index in [2.05, 4.69) is 4.98 Å². The van der Waals surface area contributed by atoms with Crippen LogP contribution in [-0.2, 0) is 4.79 Å². The lowest BCUT2D eigenvalue weighted by Crippen LogP contribution is -2.25. The van der Waals surface area contributed by atoms with Crippen LogP contribution >= 0.6 is 23.2 Å². The number of nitrogens with zero attached hydrogens (tertiary/aromatic N) is 2. The average molecular weight is 301 g/mol. The van der Waals surface area contributed by atoms with Gasteiger partial charge in [-0.1, -0.05) is 37.0 Å². The zero-order valence-electron chi connectivity index (χ0n) is 10.8. The van der Waals surface area contributed by atoms with Gasteiger partial charge in [0.2, 0.25) is 0 Å². The Balaban J connectivity index is 2.75. The molecule has 0 bridgehead atoms. The van der Waals surface area contributed by atoms with Gasteiger partial charge in [0.15, 0.2) is 0 Å². The highest BCUT2D eigenvalue weighted by Gasteiger charge is 2.27. The molecule has 0 amide bonds. The van der Waals surface area contributed by atoms with E-state index in [-0.39, 0.29) is 5.92 Å². The van der Waals surface area contributed by atoms with Crippen molar-refractivity contribution >= 4 is 40.2 Å². The number of aryl methyl sites for hydroxylation is 1. The highest BCUT2D eigenvalue weighted by Crippen LogP contribution is 2.31. The van der Waals surface area contributed by atoms with Crippen molar-refractivity contribution in [2.75, 3.05) is 0 Å². The fraction of sp³-hybridized carbons (Fsp3) is 0.385. The number of hydrogen-bond donors (Lipinski definition) is 1. The molecule has 0 saturated heterocycles. The molecule has 1 atom stereocenters. The van der Waals surface area contributed by atoms with Crippen molar-refractivity contribution in [1.82, 2.24) is 9.55 Å². The monoisotopic (exact) mass is 300 g/mol. The number of imidazole rings is 1. The Bertz CT molecular complexity index is 650. The summed E-state index contributed by atoms with van der Waals surface area (Å²) in [6, 6.07) is 2.64. The standard InChI is InChI=1S/C13H14Cl2N2O2/c1-6(2)12(13(18)19)17-7(3)16-10-4-8(14)9(15)5-11(10)17/h4-6,12H,1-3H3,(H,18,19). The molecule has 2 rings (SSSR count). The summed E-state index contributed by atoms with van der Waals surface area (Å²) in [6.07, 6.45) is 0. The molecular formula is C13H14Cl2N2O2. The molecule has 1 N–H and O–H groups in total. The highest BCUT2D eigenvalue weighted by molar-refractivity contribution is 6.42. The number of hydrogen-bond acceptors (Lipinski definition) is 2. The summed E-state index contributed by atoms with van der Waals surface area (Å²) >= 11 is 12.0. The molecule has 2 aromatic rings. The van der Waals surface area contributed by atoms with E-state index in [1.54, 1.807) is 23.6 Å². The van der Waals surface area contributed by atoms with E-state index in [1.165, 1.54) is 0 Å². The first-order chi connectivity index (χ1) is 8.82. The van der Waals surface area contributed by atoms with E-state index in [4.69, 9.17) is 23.2 Å². The van der Waals surface area contributed by atoms with Gasteiger partial charge < -0.3 is 9.67 Å². The molecule has 0 aliphatic heterocycles. The van der Waals surface area contributed by atoms with E-state index in [0.717, 1.165) is 0 Å². The first-order valence-electron chi connectivity index (χ1n) is 5.89. The molecule has 0 saturated carbocycles. The predicted molar refractivity (Wildman–Crippen MR) is 76.0 cm³/mol. The van der Waals surface area contributed by atoms with Crippen LogP contribution in [-0.4, -0.2) is 20.6 Å². The number of aliphatic carboxylic acids is 1. The Morgan fingerprint density at radius 1 is 1.32 bits per heavy atom. The summed E-state index contributed by atoms with van der Waals surface area (Å²) < 4.78 is 1.70. The average Bonchev–Trinajstić information content (AvgIpc) is 2.56. The zero-order chi connectivity index (χ0) is 14.3. The molecule has 1 heterocycles. The van der Waals surface area contributed by atoms with Crippen LogP contribution < -0.4 is 0 Å². The van der Waals surface area contributed by atoms with Gasteiger partial charge in [0.05, 0.1) is 21.1 Å². The Kier molecular flexibility index (Phi) is 3.74. The summed E-state index contributed by atoms with van der Waals surface area (Å²) in [6.45, 7) is 5.50. The molecule has 1 aromatic carbocycles. The number of aromatic nitrogens is 2. The molecule has 0 radical (unpaired) electrons. The van der Waals surface area contributed by atoms with Gasteiger partial charge in [-0.25, -0.2) is 9.78 Å². The van der Waals surface area contributed by atoms with Crippen LogP contribution in [0.15, 0.2) is 12.1 Å². The van der Waals surface area contributed by atoms with Crippen molar-refractivity contribution < 1.29 is 9.90 Å². The summed E-state index contributed by atoms with van der Waals surface area (Å²) in [5.74, 6) is -0.319. The lowest BCUT2D eigenvalue weighted by atomic mass is 10.0. The molecule has 1 aromatic heterocycles. The van der Waals surface area contributed by atoms with E-state index >= 15 is 0 Å². The van der Waals surface area contributed by atoms with Gasteiger partial charge in [0.1, 0.15) is 11.9 Å². The lowest BCUT2D eigenvalue weighted by Gasteiger charge is -2.20. The van der Waals surface area contributed by atoms with Crippen LogP contribution in [0.1, 0.15) is 25.7 Å². The molecule has 0 aliphatic carbocycles. The quantitative estimate of drug-likeness (QED) is 0.934. The Morgan fingerprint density at radius 3 is 2.42 bits per heavy atom. The van der Waals surface area contributed by atoms with Crippen molar-refractivity contribution in [3.05, 3.63) is 28.0 Å². The fourth-order valence-electron chi connectivity index (χ4n) is 2.26. The molecule has 1 unspecified atom stereocenters. The second-order valence-corrected chi connectivity index (χ2v) is 5.63. The van der Waals surface area contributed by atoms with Gasteiger partial charge in [-0.05, 0) is 25.0 Å². The highest BCUT2D eigenvalue weighted by atomic mass is 35.5. The first-order valence-corrected chi connectivity index (χ1v) is 6.65. The molecular weight excluding hydrogens is 287 g/mol. The number of halogens is 2. The molecule has 19 heavy (non-hydrogen) atoms. The molecule has 0 fully saturated rings. The van der Waals surface area contributed by atoms with Crippen LogP contribution in [0.3, 0.4) is 0 Å². The Labute approximate surface area is 121 Å². The SMILES string of the molecule is Cc1nc2cc(Cl)c(Cl)cc2n1C(C(=O)O)C(C)C. The molecule has 0 aliphatic rings. The van der Waals surface area contributed by atoms with Crippen LogP contribution in [0.4, 0.5) is 0 Å². The number of benzene rings is 1. The third-order valence-electron chi connectivity index (χ3n) is 3.07. The van der Waals surface area contributed by atoms with Crippen molar-refractivity contribution in [2.45, 2.75) is 26.8 Å². The van der Waals surface area contributed by atoms with E-state index in [9.17, 15) is 9.90 Å². The Hall–Kier alpha value is -1.26. The fourth-order valence-corrected chi connectivity index (χ4v) is 2.57. The second kappa shape index (κ2) is 5.02. The smallest absolute Gasteiger partial charge is 0.327 e. The summed E-state index contributed by atoms with van der Waals surface area (Å²) in [5, 5.41) is 10.2. The van der Waals surface area contributed by atoms with Crippen LogP contribution in [0.5, 0.6) is 0 Å². The topological polar surface area (TPSA) is 55.1 Å². The van der Waals surface area contributed by atoms with Crippen molar-refractivity contribution in [2.24, 2.45) is 5.92 Å². The summed E-state index contributed by atoms with van der Waals surface area (Å²) in [7, 11) is 0. The maximum atomic E-state index is 11.5. The molecule has 4 nitrogen and oxygen atoms in total. The van der Waals surface area contributed by atoms with Gasteiger partial charge >= 0.3 is 5.97 Å². The number of carboxylic acids is 1. The molecule has 0 spiro atoms. The van der Waals surface area contributed by atoms with Gasteiger partial charge in [-0.2, -0.15) is 0 Å². The maximum absolute atomic E-state index is 11.5. The van der Waals surface area contributed by atoms with E-state index in [0.29, 0.717) is 26.9 Å². The minimum absolute atomic E-state index is 0.0666. The number of carbonyl (C=O) groups is 1. The molecule has 102 valence electrons. The number of carboxylic acid groups (broad SMARTS) is 1. The third-order valence-corrected chi connectivity index (χ3v) is 3.79. The number of fused-ring (bicyclic) bond motifs is 1. The van der Waals surface area contributed by atoms with E-state index < -0.39 is 12.0 Å². The second-order valence-electron chi connectivity index (χ2n) is 4.81. The van der Waals surface area contributed by atoms with Gasteiger partial charge in [0.25, 0.3) is 0 Å². The zero-order valence-corrected chi connectivity index (χ0v) is 12.3. The minimum atomic E-state index is -0.886. The van der Waals surface area contributed by atoms with Crippen molar-refractivity contribution in [3.63, 3.8) is 0 Å². The van der Waals surface area contributed by atoms with Crippen LogP contribution in [0.25, 0.3) is 11.0 Å². The number of rotatable bonds is 3. The predicted octanol–water partition coefficient (Wildman–Crippen LogP) is 3.93. The van der Waals surface area contributed by atoms with E-state index in [1.807, 2.05) is 13.8 Å². The van der Waals surface area contributed by atoms with Crippen molar-refractivity contribution in [3.8, 4) is 0 Å².